The molecule has 2 amide bonds. The molecule has 0 aromatic heterocycles. The van der Waals surface area contributed by atoms with Crippen LogP contribution in [0.2, 0.25) is 0 Å². The minimum atomic E-state index is -0.0268. The highest BCUT2D eigenvalue weighted by atomic mass is 16.2. The van der Waals surface area contributed by atoms with Gasteiger partial charge in [0.25, 0.3) is 0 Å². The maximum absolute atomic E-state index is 11.8. The first-order valence-electron chi connectivity index (χ1n) is 5.80. The predicted molar refractivity (Wildman–Crippen MR) is 56.2 cm³/mol. The second-order valence-corrected chi connectivity index (χ2v) is 4.52. The molecule has 0 aromatic carbocycles. The summed E-state index contributed by atoms with van der Waals surface area (Å²) < 4.78 is 0. The third kappa shape index (κ3) is 2.70. The molecule has 1 heterocycles. The van der Waals surface area contributed by atoms with Crippen molar-refractivity contribution in [3.05, 3.63) is 0 Å². The molecule has 1 saturated carbocycles. The first kappa shape index (κ1) is 10.5. The molecule has 1 N–H and O–H groups in total. The Kier molecular flexibility index (Phi) is 3.23. The molecule has 15 heavy (non-hydrogen) atoms. The largest absolute Gasteiger partial charge is 0.353 e. The van der Waals surface area contributed by atoms with Crippen molar-refractivity contribution >= 4 is 11.8 Å². The second kappa shape index (κ2) is 4.64. The van der Waals surface area contributed by atoms with Crippen LogP contribution < -0.4 is 5.32 Å². The minimum absolute atomic E-state index is 0.0268. The average Bonchev–Trinajstić information content (AvgIpc) is 2.70. The molecular formula is C11H18N2O2. The highest BCUT2D eigenvalue weighted by Crippen LogP contribution is 2.28. The summed E-state index contributed by atoms with van der Waals surface area (Å²) in [5.74, 6) is 0.709. The third-order valence-electron chi connectivity index (χ3n) is 3.33. The minimum Gasteiger partial charge on any atom is -0.353 e. The third-order valence-corrected chi connectivity index (χ3v) is 3.33. The Morgan fingerprint density at radius 3 is 2.80 bits per heavy atom. The number of hydrogen-bond donors (Lipinski definition) is 1. The van der Waals surface area contributed by atoms with E-state index in [9.17, 15) is 9.59 Å². The van der Waals surface area contributed by atoms with Gasteiger partial charge in [-0.2, -0.15) is 0 Å². The Hall–Kier alpha value is -1.06. The predicted octanol–water partition coefficient (Wildman–Crippen LogP) is 0.525. The van der Waals surface area contributed by atoms with Gasteiger partial charge in [0.15, 0.2) is 0 Å². The van der Waals surface area contributed by atoms with Crippen molar-refractivity contribution in [2.75, 3.05) is 19.6 Å². The highest BCUT2D eigenvalue weighted by molar-refractivity contribution is 5.85. The Labute approximate surface area is 90.0 Å². The Morgan fingerprint density at radius 1 is 1.40 bits per heavy atom. The Balaban J connectivity index is 1.81. The summed E-state index contributed by atoms with van der Waals surface area (Å²) in [4.78, 5) is 24.6. The lowest BCUT2D eigenvalue weighted by Gasteiger charge is -2.27. The van der Waals surface area contributed by atoms with Crippen molar-refractivity contribution in [2.24, 2.45) is 5.92 Å². The van der Waals surface area contributed by atoms with Gasteiger partial charge >= 0.3 is 0 Å². The maximum Gasteiger partial charge on any atom is 0.239 e. The van der Waals surface area contributed by atoms with Crippen LogP contribution in [0.3, 0.4) is 0 Å². The van der Waals surface area contributed by atoms with Crippen LogP contribution in [-0.2, 0) is 9.59 Å². The van der Waals surface area contributed by atoms with Crippen LogP contribution in [0.4, 0.5) is 0 Å². The van der Waals surface area contributed by atoms with E-state index in [4.69, 9.17) is 0 Å². The molecule has 4 heteroatoms. The van der Waals surface area contributed by atoms with Crippen LogP contribution in [-0.4, -0.2) is 36.3 Å². The molecule has 84 valence electrons. The summed E-state index contributed by atoms with van der Waals surface area (Å²) in [7, 11) is 0. The van der Waals surface area contributed by atoms with E-state index in [1.807, 2.05) is 0 Å². The zero-order valence-corrected chi connectivity index (χ0v) is 9.00. The number of carbonyl (C=O) groups is 2. The number of nitrogens with one attached hydrogen (secondary N) is 1. The fraction of sp³-hybridized carbons (Fsp3) is 0.818. The second-order valence-electron chi connectivity index (χ2n) is 4.52. The first-order chi connectivity index (χ1) is 7.25. The number of carbonyl (C=O) groups excluding carboxylic acids is 2. The van der Waals surface area contributed by atoms with E-state index in [0.717, 1.165) is 0 Å². The molecule has 0 aromatic rings. The van der Waals surface area contributed by atoms with Gasteiger partial charge < -0.3 is 10.2 Å². The Bertz CT molecular complexity index is 259. The van der Waals surface area contributed by atoms with Crippen LogP contribution in [0.15, 0.2) is 0 Å². The monoisotopic (exact) mass is 210 g/mol. The van der Waals surface area contributed by atoms with Crippen molar-refractivity contribution in [3.63, 3.8) is 0 Å². The number of amides is 2. The SMILES string of the molecule is O=C1CN(C(=O)CC2CCCC2)CCN1. The van der Waals surface area contributed by atoms with Crippen LogP contribution >= 0.6 is 0 Å². The van der Waals surface area contributed by atoms with Gasteiger partial charge in [-0.25, -0.2) is 0 Å². The summed E-state index contributed by atoms with van der Waals surface area (Å²) in [6.07, 6.45) is 5.54. The van der Waals surface area contributed by atoms with Gasteiger partial charge in [0.1, 0.15) is 0 Å². The van der Waals surface area contributed by atoms with E-state index in [1.54, 1.807) is 4.90 Å². The standard InChI is InChI=1S/C11H18N2O2/c14-10-8-13(6-5-12-10)11(15)7-9-3-1-2-4-9/h9H,1-8H2,(H,12,14). The molecule has 0 spiro atoms. The van der Waals surface area contributed by atoms with E-state index < -0.39 is 0 Å². The van der Waals surface area contributed by atoms with Crippen LogP contribution in [0.25, 0.3) is 0 Å². The number of hydrogen-bond acceptors (Lipinski definition) is 2. The molecule has 2 aliphatic rings. The molecular weight excluding hydrogens is 192 g/mol. The topological polar surface area (TPSA) is 49.4 Å². The molecule has 1 saturated heterocycles. The summed E-state index contributed by atoms with van der Waals surface area (Å²) in [6.45, 7) is 1.54. The van der Waals surface area contributed by atoms with Gasteiger partial charge in [0.2, 0.25) is 11.8 Å². The van der Waals surface area contributed by atoms with Crippen molar-refractivity contribution in [2.45, 2.75) is 32.1 Å². The number of piperazine rings is 1. The Morgan fingerprint density at radius 2 is 2.13 bits per heavy atom. The van der Waals surface area contributed by atoms with Crippen molar-refractivity contribution < 1.29 is 9.59 Å². The van der Waals surface area contributed by atoms with Crippen LogP contribution in [0.5, 0.6) is 0 Å². The normalized spacial score (nSPS) is 22.9. The van der Waals surface area contributed by atoms with Crippen molar-refractivity contribution in [3.8, 4) is 0 Å². The fourth-order valence-corrected chi connectivity index (χ4v) is 2.44. The van der Waals surface area contributed by atoms with E-state index in [2.05, 4.69) is 5.32 Å². The van der Waals surface area contributed by atoms with E-state index >= 15 is 0 Å². The van der Waals surface area contributed by atoms with Gasteiger partial charge in [-0.05, 0) is 18.8 Å². The molecule has 2 rings (SSSR count). The van der Waals surface area contributed by atoms with Gasteiger partial charge in [-0.3, -0.25) is 9.59 Å². The van der Waals surface area contributed by atoms with Crippen molar-refractivity contribution in [1.82, 2.24) is 10.2 Å². The van der Waals surface area contributed by atoms with Crippen LogP contribution in [0.1, 0.15) is 32.1 Å². The quantitative estimate of drug-likeness (QED) is 0.722. The summed E-state index contributed by atoms with van der Waals surface area (Å²) in [5, 5.41) is 2.73. The number of rotatable bonds is 2. The lowest BCUT2D eigenvalue weighted by atomic mass is 10.0. The zero-order valence-electron chi connectivity index (χ0n) is 9.00. The summed E-state index contributed by atoms with van der Waals surface area (Å²) >= 11 is 0. The molecule has 0 bridgehead atoms. The molecule has 4 nitrogen and oxygen atoms in total. The van der Waals surface area contributed by atoms with E-state index in [-0.39, 0.29) is 18.4 Å². The fourth-order valence-electron chi connectivity index (χ4n) is 2.44. The zero-order chi connectivity index (χ0) is 10.7. The van der Waals surface area contributed by atoms with Crippen molar-refractivity contribution in [1.29, 1.82) is 0 Å². The summed E-state index contributed by atoms with van der Waals surface area (Å²) in [6, 6.07) is 0. The molecule has 1 aliphatic carbocycles. The van der Waals surface area contributed by atoms with Gasteiger partial charge in [0.05, 0.1) is 6.54 Å². The lowest BCUT2D eigenvalue weighted by Crippen LogP contribution is -2.50. The summed E-state index contributed by atoms with van der Waals surface area (Å²) in [5.41, 5.74) is 0. The van der Waals surface area contributed by atoms with Crippen LogP contribution in [0, 0.1) is 5.92 Å². The lowest BCUT2D eigenvalue weighted by molar-refractivity contribution is -0.138. The van der Waals surface area contributed by atoms with Gasteiger partial charge in [0, 0.05) is 19.5 Å². The molecule has 0 atom stereocenters. The molecule has 2 fully saturated rings. The molecule has 1 aliphatic heterocycles. The number of nitrogens with zero attached hydrogens (tertiary/aromatic N) is 1. The maximum atomic E-state index is 11.8. The first-order valence-corrected chi connectivity index (χ1v) is 5.80. The van der Waals surface area contributed by atoms with Gasteiger partial charge in [-0.1, -0.05) is 12.8 Å². The van der Waals surface area contributed by atoms with Gasteiger partial charge in [-0.15, -0.1) is 0 Å². The average molecular weight is 210 g/mol. The van der Waals surface area contributed by atoms with E-state index in [0.29, 0.717) is 25.4 Å². The molecule has 0 radical (unpaired) electrons. The smallest absolute Gasteiger partial charge is 0.239 e. The highest BCUT2D eigenvalue weighted by Gasteiger charge is 2.25. The molecule has 0 unspecified atom stereocenters. The van der Waals surface area contributed by atoms with E-state index in [1.165, 1.54) is 25.7 Å².